The Kier molecular flexibility index (Phi) is 6.59. The van der Waals surface area contributed by atoms with Crippen LogP contribution >= 0.6 is 12.6 Å². The van der Waals surface area contributed by atoms with E-state index in [4.69, 9.17) is 0 Å². The molecule has 0 amide bonds. The average Bonchev–Trinajstić information content (AvgIpc) is 3.15. The third kappa shape index (κ3) is 4.48. The van der Waals surface area contributed by atoms with Gasteiger partial charge < -0.3 is 4.57 Å². The zero-order chi connectivity index (χ0) is 20.3. The molecule has 0 N–H and O–H groups in total. The standard InChI is InChI=1S/C19H25FN4O2S2/c1-3-19(27)28(25,26)23-10-8-22(9-11-23)13-18-12-21-14-24(18)15(2)16-4-6-17(20)7-5-16/h3-7,12,14-15,27H,8-11,13H2,1-2H3/b19-3+. The number of hydrogen-bond donors (Lipinski definition) is 1. The van der Waals surface area contributed by atoms with E-state index < -0.39 is 10.0 Å². The van der Waals surface area contributed by atoms with Crippen molar-refractivity contribution in [3.63, 3.8) is 0 Å². The maximum atomic E-state index is 13.2. The maximum Gasteiger partial charge on any atom is 0.248 e. The summed E-state index contributed by atoms with van der Waals surface area (Å²) < 4.78 is 41.6. The van der Waals surface area contributed by atoms with Crippen molar-refractivity contribution in [2.45, 2.75) is 26.4 Å². The first kappa shape index (κ1) is 21.0. The van der Waals surface area contributed by atoms with Gasteiger partial charge in [0.25, 0.3) is 0 Å². The largest absolute Gasteiger partial charge is 0.326 e. The van der Waals surface area contributed by atoms with E-state index in [2.05, 4.69) is 27.1 Å². The minimum atomic E-state index is -3.47. The lowest BCUT2D eigenvalue weighted by atomic mass is 10.1. The number of hydrogen-bond acceptors (Lipinski definition) is 5. The van der Waals surface area contributed by atoms with E-state index >= 15 is 0 Å². The number of sulfonamides is 1. The molecule has 0 saturated carbocycles. The first-order valence-electron chi connectivity index (χ1n) is 9.17. The van der Waals surface area contributed by atoms with Gasteiger partial charge in [0.2, 0.25) is 10.0 Å². The van der Waals surface area contributed by atoms with Gasteiger partial charge in [-0.2, -0.15) is 4.31 Å². The number of aromatic nitrogens is 2. The first-order chi connectivity index (χ1) is 13.3. The van der Waals surface area contributed by atoms with Crippen LogP contribution in [0.2, 0.25) is 0 Å². The minimum absolute atomic E-state index is 0.0289. The van der Waals surface area contributed by atoms with E-state index in [1.807, 2.05) is 13.1 Å². The Bertz CT molecular complexity index is 933. The molecule has 0 bridgehead atoms. The third-order valence-electron chi connectivity index (χ3n) is 5.08. The zero-order valence-corrected chi connectivity index (χ0v) is 17.7. The van der Waals surface area contributed by atoms with Gasteiger partial charge in [0, 0.05) is 38.9 Å². The molecule has 1 aromatic carbocycles. The fraction of sp³-hybridized carbons (Fsp3) is 0.421. The van der Waals surface area contributed by atoms with Gasteiger partial charge in [0.1, 0.15) is 10.1 Å². The quantitative estimate of drug-likeness (QED) is 0.725. The summed E-state index contributed by atoms with van der Waals surface area (Å²) in [6, 6.07) is 6.51. The van der Waals surface area contributed by atoms with E-state index in [9.17, 15) is 12.8 Å². The molecule has 1 aromatic heterocycles. The Balaban J connectivity index is 1.65. The van der Waals surface area contributed by atoms with E-state index in [1.54, 1.807) is 25.4 Å². The summed E-state index contributed by atoms with van der Waals surface area (Å²) in [6.07, 6.45) is 5.11. The topological polar surface area (TPSA) is 58.4 Å². The van der Waals surface area contributed by atoms with Crippen LogP contribution in [-0.2, 0) is 16.6 Å². The summed E-state index contributed by atoms with van der Waals surface area (Å²) >= 11 is 4.07. The lowest BCUT2D eigenvalue weighted by molar-refractivity contribution is 0.178. The Morgan fingerprint density at radius 2 is 1.89 bits per heavy atom. The molecule has 2 aromatic rings. The normalized spacial score (nSPS) is 18.4. The molecule has 6 nitrogen and oxygen atoms in total. The van der Waals surface area contributed by atoms with Crippen LogP contribution < -0.4 is 0 Å². The number of piperazine rings is 1. The molecule has 1 atom stereocenters. The van der Waals surface area contributed by atoms with Crippen molar-refractivity contribution in [1.82, 2.24) is 18.8 Å². The highest BCUT2D eigenvalue weighted by molar-refractivity contribution is 8.09. The van der Waals surface area contributed by atoms with Crippen molar-refractivity contribution in [2.24, 2.45) is 0 Å². The van der Waals surface area contributed by atoms with Crippen LogP contribution in [0.25, 0.3) is 0 Å². The summed E-state index contributed by atoms with van der Waals surface area (Å²) in [4.78, 5) is 6.49. The number of rotatable bonds is 6. The molecule has 152 valence electrons. The van der Waals surface area contributed by atoms with E-state index in [-0.39, 0.29) is 16.1 Å². The van der Waals surface area contributed by atoms with Crippen molar-refractivity contribution in [3.05, 3.63) is 64.2 Å². The van der Waals surface area contributed by atoms with Gasteiger partial charge >= 0.3 is 0 Å². The van der Waals surface area contributed by atoms with Crippen molar-refractivity contribution in [1.29, 1.82) is 0 Å². The Hall–Kier alpha value is -1.68. The fourth-order valence-electron chi connectivity index (χ4n) is 3.34. The summed E-state index contributed by atoms with van der Waals surface area (Å²) in [5.74, 6) is -0.253. The number of allylic oxidation sites excluding steroid dienone is 1. The molecular weight excluding hydrogens is 399 g/mol. The molecule has 0 spiro atoms. The number of imidazole rings is 1. The van der Waals surface area contributed by atoms with Crippen molar-refractivity contribution in [3.8, 4) is 0 Å². The molecule has 0 aliphatic carbocycles. The van der Waals surface area contributed by atoms with Gasteiger partial charge in [-0.25, -0.2) is 17.8 Å². The molecule has 1 aliphatic rings. The molecule has 1 fully saturated rings. The molecule has 1 saturated heterocycles. The smallest absolute Gasteiger partial charge is 0.248 e. The molecular formula is C19H25FN4O2S2. The van der Waals surface area contributed by atoms with Crippen molar-refractivity contribution in [2.75, 3.05) is 26.2 Å². The van der Waals surface area contributed by atoms with Gasteiger partial charge in [-0.05, 0) is 31.5 Å². The molecule has 3 rings (SSSR count). The van der Waals surface area contributed by atoms with E-state index in [1.165, 1.54) is 22.5 Å². The highest BCUT2D eigenvalue weighted by atomic mass is 32.3. The summed E-state index contributed by atoms with van der Waals surface area (Å²) in [5, 5.41) is 0. The molecule has 2 heterocycles. The molecule has 28 heavy (non-hydrogen) atoms. The predicted molar refractivity (Wildman–Crippen MR) is 111 cm³/mol. The van der Waals surface area contributed by atoms with Crippen molar-refractivity contribution >= 4 is 22.7 Å². The second-order valence-corrected chi connectivity index (χ2v) is 9.52. The van der Waals surface area contributed by atoms with Crippen LogP contribution in [0.4, 0.5) is 4.39 Å². The summed E-state index contributed by atoms with van der Waals surface area (Å²) in [5.41, 5.74) is 2.04. The van der Waals surface area contributed by atoms with Crippen LogP contribution in [0.1, 0.15) is 31.1 Å². The second kappa shape index (κ2) is 8.77. The Morgan fingerprint density at radius 1 is 1.25 bits per heavy atom. The summed E-state index contributed by atoms with van der Waals surface area (Å²) in [6.45, 7) is 6.54. The van der Waals surface area contributed by atoms with E-state index in [0.29, 0.717) is 32.7 Å². The van der Waals surface area contributed by atoms with Crippen LogP contribution in [0.5, 0.6) is 0 Å². The van der Waals surface area contributed by atoms with Gasteiger partial charge in [-0.3, -0.25) is 4.90 Å². The molecule has 1 aliphatic heterocycles. The highest BCUT2D eigenvalue weighted by Crippen LogP contribution is 2.22. The molecule has 1 unspecified atom stereocenters. The number of benzene rings is 1. The zero-order valence-electron chi connectivity index (χ0n) is 16.0. The fourth-order valence-corrected chi connectivity index (χ4v) is 4.90. The van der Waals surface area contributed by atoms with Gasteiger partial charge in [-0.15, -0.1) is 12.6 Å². The number of thiol groups is 1. The van der Waals surface area contributed by atoms with Crippen LogP contribution in [0.15, 0.2) is 47.1 Å². The minimum Gasteiger partial charge on any atom is -0.326 e. The lowest BCUT2D eigenvalue weighted by Crippen LogP contribution is -2.48. The maximum absolute atomic E-state index is 13.2. The molecule has 9 heteroatoms. The van der Waals surface area contributed by atoms with Crippen molar-refractivity contribution < 1.29 is 12.8 Å². The number of nitrogens with zero attached hydrogens (tertiary/aromatic N) is 4. The highest BCUT2D eigenvalue weighted by Gasteiger charge is 2.29. The average molecular weight is 425 g/mol. The lowest BCUT2D eigenvalue weighted by Gasteiger charge is -2.34. The Morgan fingerprint density at radius 3 is 2.50 bits per heavy atom. The molecule has 0 radical (unpaired) electrons. The van der Waals surface area contributed by atoms with Gasteiger partial charge in [0.05, 0.1) is 18.1 Å². The third-order valence-corrected chi connectivity index (χ3v) is 7.84. The number of halogens is 1. The second-order valence-electron chi connectivity index (χ2n) is 6.83. The summed E-state index contributed by atoms with van der Waals surface area (Å²) in [7, 11) is -3.47. The SMILES string of the molecule is C/C=C(\S)S(=O)(=O)N1CCN(Cc2cncn2C(C)c2ccc(F)cc2)CC1. The Labute approximate surface area is 171 Å². The van der Waals surface area contributed by atoms with Gasteiger partial charge in [0.15, 0.2) is 0 Å². The first-order valence-corrected chi connectivity index (χ1v) is 11.1. The monoisotopic (exact) mass is 424 g/mol. The van der Waals surface area contributed by atoms with Gasteiger partial charge in [-0.1, -0.05) is 18.2 Å². The predicted octanol–water partition coefficient (Wildman–Crippen LogP) is 2.87. The van der Waals surface area contributed by atoms with Crippen LogP contribution in [0, 0.1) is 5.82 Å². The van der Waals surface area contributed by atoms with E-state index in [0.717, 1.165) is 11.3 Å². The van der Waals surface area contributed by atoms with Crippen LogP contribution in [0.3, 0.4) is 0 Å². The van der Waals surface area contributed by atoms with Crippen LogP contribution in [-0.4, -0.2) is 53.4 Å².